The minimum atomic E-state index is -0.388. The van der Waals surface area contributed by atoms with Crippen molar-refractivity contribution < 1.29 is 4.79 Å². The zero-order valence-electron chi connectivity index (χ0n) is 8.49. The van der Waals surface area contributed by atoms with Gasteiger partial charge in [0.1, 0.15) is 0 Å². The summed E-state index contributed by atoms with van der Waals surface area (Å²) in [4.78, 5) is 10.8. The molecule has 78 valence electrons. The fourth-order valence-electron chi connectivity index (χ4n) is 1.22. The number of benzene rings is 1. The third-order valence-corrected chi connectivity index (χ3v) is 2.04. The Bertz CT molecular complexity index is 362. The average molecular weight is 202 g/mol. The maximum absolute atomic E-state index is 10.8. The van der Waals surface area contributed by atoms with Gasteiger partial charge in [-0.15, -0.1) is 6.42 Å². The SMILES string of the molecule is C#CC(=O)NCc1ccc(CCN)cc1. The molecule has 0 atom stereocenters. The van der Waals surface area contributed by atoms with E-state index in [2.05, 4.69) is 5.32 Å². The third kappa shape index (κ3) is 3.84. The van der Waals surface area contributed by atoms with Crippen LogP contribution in [0.25, 0.3) is 0 Å². The van der Waals surface area contributed by atoms with Gasteiger partial charge < -0.3 is 11.1 Å². The Labute approximate surface area is 89.7 Å². The van der Waals surface area contributed by atoms with Crippen LogP contribution < -0.4 is 11.1 Å². The molecule has 0 aliphatic carbocycles. The maximum Gasteiger partial charge on any atom is 0.295 e. The van der Waals surface area contributed by atoms with Crippen molar-refractivity contribution >= 4 is 5.91 Å². The van der Waals surface area contributed by atoms with E-state index in [0.717, 1.165) is 12.0 Å². The molecule has 15 heavy (non-hydrogen) atoms. The number of hydrogen-bond acceptors (Lipinski definition) is 2. The van der Waals surface area contributed by atoms with E-state index in [-0.39, 0.29) is 5.91 Å². The lowest BCUT2D eigenvalue weighted by atomic mass is 10.1. The quantitative estimate of drug-likeness (QED) is 0.696. The van der Waals surface area contributed by atoms with Crippen LogP contribution in [-0.4, -0.2) is 12.5 Å². The number of carbonyl (C=O) groups excluding carboxylic acids is 1. The summed E-state index contributed by atoms with van der Waals surface area (Å²) < 4.78 is 0. The van der Waals surface area contributed by atoms with Gasteiger partial charge in [0, 0.05) is 6.54 Å². The number of hydrogen-bond donors (Lipinski definition) is 2. The predicted molar refractivity (Wildman–Crippen MR) is 59.9 cm³/mol. The molecule has 3 nitrogen and oxygen atoms in total. The first-order valence-corrected chi connectivity index (χ1v) is 4.78. The summed E-state index contributed by atoms with van der Waals surface area (Å²) in [5.74, 6) is 1.61. The molecule has 0 aromatic heterocycles. The van der Waals surface area contributed by atoms with Crippen molar-refractivity contribution in [3.05, 3.63) is 35.4 Å². The summed E-state index contributed by atoms with van der Waals surface area (Å²) in [5, 5.41) is 2.60. The number of terminal acetylenes is 1. The van der Waals surface area contributed by atoms with E-state index in [1.165, 1.54) is 5.56 Å². The Balaban J connectivity index is 2.50. The van der Waals surface area contributed by atoms with Crippen LogP contribution >= 0.6 is 0 Å². The van der Waals surface area contributed by atoms with E-state index in [4.69, 9.17) is 12.2 Å². The molecule has 0 fully saturated rings. The Morgan fingerprint density at radius 2 is 1.93 bits per heavy atom. The van der Waals surface area contributed by atoms with Crippen molar-refractivity contribution in [2.45, 2.75) is 13.0 Å². The van der Waals surface area contributed by atoms with Crippen LogP contribution in [0.1, 0.15) is 11.1 Å². The fourth-order valence-corrected chi connectivity index (χ4v) is 1.22. The number of rotatable bonds is 4. The summed E-state index contributed by atoms with van der Waals surface area (Å²) in [7, 11) is 0. The molecule has 1 amide bonds. The molecule has 0 unspecified atom stereocenters. The molecule has 1 rings (SSSR count). The monoisotopic (exact) mass is 202 g/mol. The lowest BCUT2D eigenvalue weighted by Crippen LogP contribution is -2.20. The zero-order valence-corrected chi connectivity index (χ0v) is 8.49. The largest absolute Gasteiger partial charge is 0.341 e. The van der Waals surface area contributed by atoms with Crippen LogP contribution in [0, 0.1) is 12.3 Å². The molecule has 3 N–H and O–H groups in total. The van der Waals surface area contributed by atoms with Gasteiger partial charge >= 0.3 is 0 Å². The first-order valence-electron chi connectivity index (χ1n) is 4.78. The van der Waals surface area contributed by atoms with Gasteiger partial charge in [-0.3, -0.25) is 4.79 Å². The fraction of sp³-hybridized carbons (Fsp3) is 0.250. The van der Waals surface area contributed by atoms with Gasteiger partial charge in [0.05, 0.1) is 0 Å². The molecular weight excluding hydrogens is 188 g/mol. The number of nitrogens with two attached hydrogens (primary N) is 1. The van der Waals surface area contributed by atoms with E-state index >= 15 is 0 Å². The van der Waals surface area contributed by atoms with Crippen LogP contribution in [0.5, 0.6) is 0 Å². The van der Waals surface area contributed by atoms with Gasteiger partial charge in [0.15, 0.2) is 0 Å². The molecule has 0 saturated heterocycles. The number of amides is 1. The summed E-state index contributed by atoms with van der Waals surface area (Å²) in [6.45, 7) is 1.11. The molecule has 1 aromatic rings. The predicted octanol–water partition coefficient (Wildman–Crippen LogP) is 0.437. The van der Waals surface area contributed by atoms with Gasteiger partial charge in [-0.2, -0.15) is 0 Å². The molecule has 0 aliphatic rings. The second kappa shape index (κ2) is 5.84. The summed E-state index contributed by atoms with van der Waals surface area (Å²) in [6, 6.07) is 7.93. The van der Waals surface area contributed by atoms with Gasteiger partial charge in [-0.1, -0.05) is 24.3 Å². The van der Waals surface area contributed by atoms with E-state index < -0.39 is 0 Å². The van der Waals surface area contributed by atoms with E-state index in [1.807, 2.05) is 30.2 Å². The van der Waals surface area contributed by atoms with Crippen molar-refractivity contribution in [1.82, 2.24) is 5.32 Å². The van der Waals surface area contributed by atoms with Gasteiger partial charge in [-0.05, 0) is 30.0 Å². The first kappa shape index (κ1) is 11.3. The van der Waals surface area contributed by atoms with Crippen molar-refractivity contribution in [1.29, 1.82) is 0 Å². The zero-order chi connectivity index (χ0) is 11.1. The molecule has 3 heteroatoms. The van der Waals surface area contributed by atoms with Crippen LogP contribution in [0.2, 0.25) is 0 Å². The molecule has 0 heterocycles. The van der Waals surface area contributed by atoms with E-state index in [9.17, 15) is 4.79 Å². The lowest BCUT2D eigenvalue weighted by molar-refractivity contribution is -0.115. The summed E-state index contributed by atoms with van der Waals surface area (Å²) in [6.07, 6.45) is 5.80. The highest BCUT2D eigenvalue weighted by Gasteiger charge is 1.96. The summed E-state index contributed by atoms with van der Waals surface area (Å²) >= 11 is 0. The second-order valence-electron chi connectivity index (χ2n) is 3.18. The topological polar surface area (TPSA) is 55.1 Å². The standard InChI is InChI=1S/C12H14N2O/c1-2-12(15)14-9-11-5-3-10(4-6-11)7-8-13/h1,3-6H,7-9,13H2,(H,14,15). The van der Waals surface area contributed by atoms with Gasteiger partial charge in [0.25, 0.3) is 5.91 Å². The third-order valence-electron chi connectivity index (χ3n) is 2.04. The molecule has 1 aromatic carbocycles. The van der Waals surface area contributed by atoms with Crippen molar-refractivity contribution in [2.75, 3.05) is 6.54 Å². The lowest BCUT2D eigenvalue weighted by Gasteiger charge is -2.03. The van der Waals surface area contributed by atoms with E-state index in [0.29, 0.717) is 13.1 Å². The van der Waals surface area contributed by atoms with Gasteiger partial charge in [0.2, 0.25) is 0 Å². The van der Waals surface area contributed by atoms with Crippen LogP contribution in [0.4, 0.5) is 0 Å². The molecule has 0 aliphatic heterocycles. The van der Waals surface area contributed by atoms with Crippen LogP contribution in [-0.2, 0) is 17.8 Å². The summed E-state index contributed by atoms with van der Waals surface area (Å²) in [5.41, 5.74) is 7.66. The maximum atomic E-state index is 10.8. The molecular formula is C12H14N2O. The smallest absolute Gasteiger partial charge is 0.295 e. The normalized spacial score (nSPS) is 9.33. The second-order valence-corrected chi connectivity index (χ2v) is 3.18. The van der Waals surface area contributed by atoms with E-state index in [1.54, 1.807) is 0 Å². The Hall–Kier alpha value is -1.79. The number of carbonyl (C=O) groups is 1. The molecule has 0 saturated carbocycles. The minimum Gasteiger partial charge on any atom is -0.341 e. The highest BCUT2D eigenvalue weighted by atomic mass is 16.1. The van der Waals surface area contributed by atoms with Crippen molar-refractivity contribution in [2.24, 2.45) is 5.73 Å². The average Bonchev–Trinajstić information content (AvgIpc) is 2.28. The van der Waals surface area contributed by atoms with Crippen molar-refractivity contribution in [3.8, 4) is 12.3 Å². The minimum absolute atomic E-state index is 0.388. The highest BCUT2D eigenvalue weighted by molar-refractivity contribution is 5.92. The molecule has 0 radical (unpaired) electrons. The Morgan fingerprint density at radius 3 is 2.47 bits per heavy atom. The highest BCUT2D eigenvalue weighted by Crippen LogP contribution is 2.04. The first-order chi connectivity index (χ1) is 7.26. The Kier molecular flexibility index (Phi) is 4.39. The van der Waals surface area contributed by atoms with Crippen molar-refractivity contribution in [3.63, 3.8) is 0 Å². The molecule has 0 bridgehead atoms. The van der Waals surface area contributed by atoms with Gasteiger partial charge in [-0.25, -0.2) is 0 Å². The van der Waals surface area contributed by atoms with Crippen LogP contribution in [0.15, 0.2) is 24.3 Å². The number of nitrogens with one attached hydrogen (secondary N) is 1. The van der Waals surface area contributed by atoms with Crippen LogP contribution in [0.3, 0.4) is 0 Å². The molecule has 0 spiro atoms. The Morgan fingerprint density at radius 1 is 1.33 bits per heavy atom.